The Balaban J connectivity index is 1.51. The van der Waals surface area contributed by atoms with Crippen molar-refractivity contribution in [1.82, 2.24) is 14.7 Å². The monoisotopic (exact) mass is 365 g/mol. The molecule has 140 valence electrons. The molecule has 2 aromatic carbocycles. The van der Waals surface area contributed by atoms with Gasteiger partial charge in [-0.25, -0.2) is 4.68 Å². The average molecular weight is 365 g/mol. The van der Waals surface area contributed by atoms with E-state index in [4.69, 9.17) is 9.47 Å². The molecule has 1 heterocycles. The highest BCUT2D eigenvalue weighted by molar-refractivity contribution is 5.77. The second-order valence-electron chi connectivity index (χ2n) is 6.07. The summed E-state index contributed by atoms with van der Waals surface area (Å²) in [6, 6.07) is 17.1. The number of carbonyl (C=O) groups excluding carboxylic acids is 1. The summed E-state index contributed by atoms with van der Waals surface area (Å²) in [5.74, 6) is 1.32. The van der Waals surface area contributed by atoms with E-state index in [1.807, 2.05) is 55.6 Å². The maximum atomic E-state index is 12.3. The molecule has 0 radical (unpaired) electrons. The molecule has 1 amide bonds. The van der Waals surface area contributed by atoms with Crippen molar-refractivity contribution in [3.63, 3.8) is 0 Å². The van der Waals surface area contributed by atoms with E-state index in [2.05, 4.69) is 5.10 Å². The third-order valence-electron chi connectivity index (χ3n) is 4.00. The summed E-state index contributed by atoms with van der Waals surface area (Å²) in [6.45, 7) is 3.00. The molecular weight excluding hydrogens is 342 g/mol. The molecule has 3 rings (SSSR count). The summed E-state index contributed by atoms with van der Waals surface area (Å²) in [7, 11) is 1.75. The first-order valence-electron chi connectivity index (χ1n) is 8.84. The predicted molar refractivity (Wildman–Crippen MR) is 103 cm³/mol. The number of carbonyl (C=O) groups is 1. The smallest absolute Gasteiger partial charge is 0.260 e. The van der Waals surface area contributed by atoms with Crippen molar-refractivity contribution in [2.45, 2.75) is 13.5 Å². The van der Waals surface area contributed by atoms with E-state index in [1.54, 1.807) is 35.0 Å². The molecule has 6 heteroatoms. The van der Waals surface area contributed by atoms with E-state index in [-0.39, 0.29) is 12.5 Å². The molecular formula is C21H23N3O3. The number of likely N-dealkylation sites (N-methyl/N-ethyl adjacent to an activating group) is 1. The van der Waals surface area contributed by atoms with Gasteiger partial charge in [-0.3, -0.25) is 4.79 Å². The first-order valence-corrected chi connectivity index (χ1v) is 8.84. The maximum absolute atomic E-state index is 12.3. The van der Waals surface area contributed by atoms with Gasteiger partial charge in [0.25, 0.3) is 5.91 Å². The zero-order valence-electron chi connectivity index (χ0n) is 15.5. The second kappa shape index (κ2) is 8.89. The number of ether oxygens (including phenoxy) is 2. The third kappa shape index (κ3) is 5.10. The number of hydrogen-bond acceptors (Lipinski definition) is 4. The Kier molecular flexibility index (Phi) is 6.10. The summed E-state index contributed by atoms with van der Waals surface area (Å²) in [5.41, 5.74) is 1.94. The molecule has 0 aliphatic rings. The lowest BCUT2D eigenvalue weighted by atomic mass is 10.3. The Labute approximate surface area is 158 Å². The van der Waals surface area contributed by atoms with Crippen LogP contribution in [0.25, 0.3) is 5.69 Å². The molecule has 0 aliphatic heterocycles. The minimum atomic E-state index is -0.101. The first-order chi connectivity index (χ1) is 13.2. The minimum absolute atomic E-state index is 0.0166. The number of aromatic nitrogens is 2. The highest BCUT2D eigenvalue weighted by Crippen LogP contribution is 2.17. The van der Waals surface area contributed by atoms with Gasteiger partial charge in [-0.2, -0.15) is 5.10 Å². The van der Waals surface area contributed by atoms with Crippen LogP contribution >= 0.6 is 0 Å². The van der Waals surface area contributed by atoms with Crippen LogP contribution < -0.4 is 9.47 Å². The molecule has 3 aromatic rings. The molecule has 0 aliphatic carbocycles. The number of nitrogens with zero attached hydrogens (tertiary/aromatic N) is 3. The van der Waals surface area contributed by atoms with Crippen LogP contribution in [0.2, 0.25) is 0 Å². The van der Waals surface area contributed by atoms with Crippen LogP contribution in [0.1, 0.15) is 12.5 Å². The summed E-state index contributed by atoms with van der Waals surface area (Å²) in [4.78, 5) is 13.9. The van der Waals surface area contributed by atoms with Crippen molar-refractivity contribution in [3.05, 3.63) is 72.6 Å². The zero-order valence-corrected chi connectivity index (χ0v) is 15.5. The lowest BCUT2D eigenvalue weighted by Gasteiger charge is -2.16. The zero-order chi connectivity index (χ0) is 19.1. The molecule has 27 heavy (non-hydrogen) atoms. The number of amides is 1. The quantitative estimate of drug-likeness (QED) is 0.615. The Morgan fingerprint density at radius 1 is 1.04 bits per heavy atom. The largest absolute Gasteiger partial charge is 0.494 e. The second-order valence-corrected chi connectivity index (χ2v) is 6.07. The van der Waals surface area contributed by atoms with Crippen molar-refractivity contribution in [2.75, 3.05) is 20.3 Å². The van der Waals surface area contributed by atoms with E-state index in [0.717, 1.165) is 17.0 Å². The Hall–Kier alpha value is -3.28. The summed E-state index contributed by atoms with van der Waals surface area (Å²) in [5, 5.41) is 4.35. The first kappa shape index (κ1) is 18.5. The topological polar surface area (TPSA) is 56.6 Å². The maximum Gasteiger partial charge on any atom is 0.260 e. The normalized spacial score (nSPS) is 10.4. The highest BCUT2D eigenvalue weighted by Gasteiger charge is 2.12. The van der Waals surface area contributed by atoms with Gasteiger partial charge in [-0.05, 0) is 43.3 Å². The number of rotatable bonds is 8. The van der Waals surface area contributed by atoms with E-state index in [1.165, 1.54) is 0 Å². The van der Waals surface area contributed by atoms with Crippen LogP contribution in [0.5, 0.6) is 11.5 Å². The average Bonchev–Trinajstić information content (AvgIpc) is 3.16. The molecule has 0 N–H and O–H groups in total. The standard InChI is InChI=1S/C21H23N3O3/c1-3-26-19-9-11-20(12-10-19)27-16-21(25)23(2)14-17-13-22-24(15-17)18-7-5-4-6-8-18/h4-13,15H,3,14,16H2,1-2H3. The SMILES string of the molecule is CCOc1ccc(OCC(=O)N(C)Cc2cnn(-c3ccccc3)c2)cc1. The number of hydrogen-bond donors (Lipinski definition) is 0. The Bertz CT molecular complexity index is 860. The fourth-order valence-corrected chi connectivity index (χ4v) is 2.58. The molecule has 0 fully saturated rings. The van der Waals surface area contributed by atoms with Crippen LogP contribution in [0.4, 0.5) is 0 Å². The van der Waals surface area contributed by atoms with Crippen molar-refractivity contribution < 1.29 is 14.3 Å². The van der Waals surface area contributed by atoms with Gasteiger partial charge in [0.05, 0.1) is 18.5 Å². The molecule has 0 atom stereocenters. The molecule has 0 unspecified atom stereocenters. The van der Waals surface area contributed by atoms with Crippen LogP contribution in [0, 0.1) is 0 Å². The molecule has 1 aromatic heterocycles. The lowest BCUT2D eigenvalue weighted by Crippen LogP contribution is -2.30. The van der Waals surface area contributed by atoms with Crippen LogP contribution in [-0.2, 0) is 11.3 Å². The predicted octanol–water partition coefficient (Wildman–Crippen LogP) is 3.31. The van der Waals surface area contributed by atoms with Crippen LogP contribution in [-0.4, -0.2) is 40.8 Å². The van der Waals surface area contributed by atoms with Gasteiger partial charge < -0.3 is 14.4 Å². The molecule has 0 saturated heterocycles. The third-order valence-corrected chi connectivity index (χ3v) is 4.00. The van der Waals surface area contributed by atoms with Crippen LogP contribution in [0.3, 0.4) is 0 Å². The molecule has 0 bridgehead atoms. The van der Waals surface area contributed by atoms with E-state index < -0.39 is 0 Å². The van der Waals surface area contributed by atoms with Crippen LogP contribution in [0.15, 0.2) is 67.0 Å². The van der Waals surface area contributed by atoms with Gasteiger partial charge in [0.1, 0.15) is 11.5 Å². The van der Waals surface area contributed by atoms with E-state index in [0.29, 0.717) is 18.9 Å². The van der Waals surface area contributed by atoms with E-state index in [9.17, 15) is 4.79 Å². The minimum Gasteiger partial charge on any atom is -0.494 e. The summed E-state index contributed by atoms with van der Waals surface area (Å²) < 4.78 is 12.7. The highest BCUT2D eigenvalue weighted by atomic mass is 16.5. The number of para-hydroxylation sites is 1. The van der Waals surface area contributed by atoms with Gasteiger partial charge in [-0.15, -0.1) is 0 Å². The number of benzene rings is 2. The molecule has 0 spiro atoms. The Morgan fingerprint density at radius 2 is 1.70 bits per heavy atom. The van der Waals surface area contributed by atoms with Crippen molar-refractivity contribution >= 4 is 5.91 Å². The van der Waals surface area contributed by atoms with Gasteiger partial charge >= 0.3 is 0 Å². The molecule has 6 nitrogen and oxygen atoms in total. The fourth-order valence-electron chi connectivity index (χ4n) is 2.58. The Morgan fingerprint density at radius 3 is 2.37 bits per heavy atom. The van der Waals surface area contributed by atoms with Gasteiger partial charge in [0.2, 0.25) is 0 Å². The summed E-state index contributed by atoms with van der Waals surface area (Å²) >= 11 is 0. The molecule has 0 saturated carbocycles. The fraction of sp³-hybridized carbons (Fsp3) is 0.238. The van der Waals surface area contributed by atoms with Gasteiger partial charge in [0.15, 0.2) is 6.61 Å². The van der Waals surface area contributed by atoms with Crippen molar-refractivity contribution in [2.24, 2.45) is 0 Å². The van der Waals surface area contributed by atoms with E-state index >= 15 is 0 Å². The van der Waals surface area contributed by atoms with Crippen molar-refractivity contribution in [3.8, 4) is 17.2 Å². The summed E-state index contributed by atoms with van der Waals surface area (Å²) in [6.07, 6.45) is 3.69. The lowest BCUT2D eigenvalue weighted by molar-refractivity contribution is -0.132. The van der Waals surface area contributed by atoms with Gasteiger partial charge in [-0.1, -0.05) is 18.2 Å². The van der Waals surface area contributed by atoms with Gasteiger partial charge in [0, 0.05) is 25.4 Å². The van der Waals surface area contributed by atoms with Crippen molar-refractivity contribution in [1.29, 1.82) is 0 Å².